The normalized spacial score (nSPS) is 11.2. The van der Waals surface area contributed by atoms with Gasteiger partial charge in [0.05, 0.1) is 4.90 Å². The van der Waals surface area contributed by atoms with Crippen molar-refractivity contribution < 1.29 is 13.2 Å². The quantitative estimate of drug-likeness (QED) is 0.911. The molecule has 0 atom stereocenters. The molecule has 0 unspecified atom stereocenters. The Morgan fingerprint density at radius 1 is 1.23 bits per heavy atom. The smallest absolute Gasteiger partial charge is 0.327 e. The molecule has 0 fully saturated rings. The third kappa shape index (κ3) is 4.32. The molecule has 0 spiro atoms. The van der Waals surface area contributed by atoms with Crippen molar-refractivity contribution in [2.45, 2.75) is 18.2 Å². The van der Waals surface area contributed by atoms with Crippen molar-refractivity contribution in [2.24, 2.45) is 0 Å². The molecule has 0 saturated carbocycles. The molecule has 22 heavy (non-hydrogen) atoms. The van der Waals surface area contributed by atoms with Crippen molar-refractivity contribution in [3.8, 4) is 0 Å². The fraction of sp³-hybridized carbons (Fsp3) is 0.267. The predicted molar refractivity (Wildman–Crippen MR) is 87.5 cm³/mol. The Morgan fingerprint density at radius 3 is 2.50 bits per heavy atom. The summed E-state index contributed by atoms with van der Waals surface area (Å²) >= 11 is 1.61. The maximum Gasteiger partial charge on any atom is 0.331 e. The third-order valence-electron chi connectivity index (χ3n) is 3.17. The van der Waals surface area contributed by atoms with Crippen molar-refractivity contribution in [2.75, 3.05) is 13.6 Å². The molecule has 2 rings (SSSR count). The van der Waals surface area contributed by atoms with Gasteiger partial charge in [-0.3, -0.25) is 0 Å². The van der Waals surface area contributed by atoms with E-state index < -0.39 is 16.1 Å². The zero-order valence-corrected chi connectivity index (χ0v) is 14.1. The number of benzene rings is 1. The highest BCUT2D eigenvalue weighted by atomic mass is 32.2. The zero-order valence-electron chi connectivity index (χ0n) is 12.4. The first-order valence-electron chi connectivity index (χ1n) is 6.75. The number of hydrogen-bond donors (Lipinski definition) is 1. The molecule has 1 heterocycles. The molecule has 5 nitrogen and oxygen atoms in total. The lowest BCUT2D eigenvalue weighted by Crippen LogP contribution is -2.41. The highest BCUT2D eigenvalue weighted by Gasteiger charge is 2.19. The van der Waals surface area contributed by atoms with Crippen molar-refractivity contribution in [3.05, 3.63) is 52.2 Å². The van der Waals surface area contributed by atoms with Crippen LogP contribution in [0.2, 0.25) is 0 Å². The topological polar surface area (TPSA) is 66.5 Å². The SMILES string of the molecule is Cc1ccc(S(=O)(=O)NC(=O)N(C)CCc2cccs2)cc1. The molecule has 0 aliphatic heterocycles. The number of urea groups is 1. The Kier molecular flexibility index (Phi) is 5.20. The van der Waals surface area contributed by atoms with Gasteiger partial charge in [0.2, 0.25) is 0 Å². The minimum absolute atomic E-state index is 0.0816. The van der Waals surface area contributed by atoms with Gasteiger partial charge in [-0.05, 0) is 36.9 Å². The lowest BCUT2D eigenvalue weighted by atomic mass is 10.2. The second-order valence-electron chi connectivity index (χ2n) is 4.97. The highest BCUT2D eigenvalue weighted by molar-refractivity contribution is 7.90. The van der Waals surface area contributed by atoms with Gasteiger partial charge >= 0.3 is 6.03 Å². The molecular formula is C15H18N2O3S2. The summed E-state index contributed by atoms with van der Waals surface area (Å²) in [6.07, 6.45) is 0.701. The average molecular weight is 338 g/mol. The predicted octanol–water partition coefficient (Wildman–Crippen LogP) is 2.63. The van der Waals surface area contributed by atoms with Gasteiger partial charge in [0, 0.05) is 18.5 Å². The molecular weight excluding hydrogens is 320 g/mol. The van der Waals surface area contributed by atoms with Crippen molar-refractivity contribution in [1.82, 2.24) is 9.62 Å². The van der Waals surface area contributed by atoms with Gasteiger partial charge in [0.25, 0.3) is 10.0 Å². The fourth-order valence-corrected chi connectivity index (χ4v) is 3.50. The first kappa shape index (κ1) is 16.5. The van der Waals surface area contributed by atoms with Gasteiger partial charge in [0.1, 0.15) is 0 Å². The maximum absolute atomic E-state index is 12.1. The van der Waals surface area contributed by atoms with E-state index in [1.807, 2.05) is 24.4 Å². The van der Waals surface area contributed by atoms with Gasteiger partial charge in [-0.15, -0.1) is 11.3 Å². The van der Waals surface area contributed by atoms with Gasteiger partial charge in [-0.25, -0.2) is 17.9 Å². The van der Waals surface area contributed by atoms with Gasteiger partial charge in [0.15, 0.2) is 0 Å². The minimum atomic E-state index is -3.83. The van der Waals surface area contributed by atoms with Crippen LogP contribution in [0.1, 0.15) is 10.4 Å². The standard InChI is InChI=1S/C15H18N2O3S2/c1-12-5-7-14(8-6-12)22(19,20)16-15(18)17(2)10-9-13-4-3-11-21-13/h3-8,11H,9-10H2,1-2H3,(H,16,18). The van der Waals surface area contributed by atoms with Crippen LogP contribution >= 0.6 is 11.3 Å². The van der Waals surface area contributed by atoms with E-state index in [-0.39, 0.29) is 4.90 Å². The van der Waals surface area contributed by atoms with E-state index >= 15 is 0 Å². The molecule has 1 aromatic heterocycles. The summed E-state index contributed by atoms with van der Waals surface area (Å²) in [7, 11) is -2.26. The number of aryl methyl sites for hydroxylation is 1. The zero-order chi connectivity index (χ0) is 16.2. The van der Waals surface area contributed by atoms with Crippen molar-refractivity contribution in [1.29, 1.82) is 0 Å². The Morgan fingerprint density at radius 2 is 1.91 bits per heavy atom. The van der Waals surface area contributed by atoms with Crippen LogP contribution in [0.25, 0.3) is 0 Å². The van der Waals surface area contributed by atoms with Crippen LogP contribution < -0.4 is 4.72 Å². The number of rotatable bonds is 5. The molecule has 2 aromatic rings. The lowest BCUT2D eigenvalue weighted by molar-refractivity contribution is 0.215. The van der Waals surface area contributed by atoms with Gasteiger partial charge in [-0.1, -0.05) is 23.8 Å². The summed E-state index contributed by atoms with van der Waals surface area (Å²) in [5, 5.41) is 1.97. The Hall–Kier alpha value is -1.86. The third-order valence-corrected chi connectivity index (χ3v) is 5.45. The average Bonchev–Trinajstić information content (AvgIpc) is 2.98. The molecule has 2 amide bonds. The first-order chi connectivity index (χ1) is 10.4. The number of nitrogens with one attached hydrogen (secondary N) is 1. The second-order valence-corrected chi connectivity index (χ2v) is 7.69. The molecule has 0 radical (unpaired) electrons. The van der Waals surface area contributed by atoms with Gasteiger partial charge < -0.3 is 4.90 Å². The van der Waals surface area contributed by atoms with Crippen LogP contribution in [0.3, 0.4) is 0 Å². The Labute approximate surface area is 134 Å². The van der Waals surface area contributed by atoms with E-state index in [1.165, 1.54) is 17.0 Å². The molecule has 0 bridgehead atoms. The number of carbonyl (C=O) groups excluding carboxylic acids is 1. The molecule has 0 aliphatic carbocycles. The van der Waals surface area contributed by atoms with Crippen LogP contribution in [0.4, 0.5) is 4.79 Å². The number of sulfonamides is 1. The number of carbonyl (C=O) groups is 1. The van der Waals surface area contributed by atoms with E-state index in [0.29, 0.717) is 13.0 Å². The summed E-state index contributed by atoms with van der Waals surface area (Å²) in [4.78, 5) is 14.6. The summed E-state index contributed by atoms with van der Waals surface area (Å²) in [6.45, 7) is 2.32. The molecule has 0 aliphatic rings. The van der Waals surface area contributed by atoms with E-state index in [1.54, 1.807) is 30.5 Å². The summed E-state index contributed by atoms with van der Waals surface area (Å²) < 4.78 is 26.4. The molecule has 0 saturated heterocycles. The second kappa shape index (κ2) is 6.93. The number of likely N-dealkylation sites (N-methyl/N-ethyl adjacent to an activating group) is 1. The fourth-order valence-electron chi connectivity index (χ4n) is 1.80. The Bertz CT molecular complexity index is 723. The van der Waals surface area contributed by atoms with E-state index in [2.05, 4.69) is 4.72 Å². The van der Waals surface area contributed by atoms with Crippen molar-refractivity contribution >= 4 is 27.4 Å². The van der Waals surface area contributed by atoms with E-state index in [0.717, 1.165) is 10.4 Å². The largest absolute Gasteiger partial charge is 0.331 e. The number of hydrogen-bond acceptors (Lipinski definition) is 4. The number of thiophene rings is 1. The monoisotopic (exact) mass is 338 g/mol. The number of amides is 2. The first-order valence-corrected chi connectivity index (χ1v) is 9.12. The molecule has 118 valence electrons. The van der Waals surface area contributed by atoms with E-state index in [4.69, 9.17) is 0 Å². The van der Waals surface area contributed by atoms with Crippen LogP contribution in [0.15, 0.2) is 46.7 Å². The molecule has 7 heteroatoms. The van der Waals surface area contributed by atoms with E-state index in [9.17, 15) is 13.2 Å². The lowest BCUT2D eigenvalue weighted by Gasteiger charge is -2.17. The van der Waals surface area contributed by atoms with Crippen LogP contribution in [-0.2, 0) is 16.4 Å². The summed E-state index contributed by atoms with van der Waals surface area (Å²) in [6, 6.07) is 9.66. The Balaban J connectivity index is 1.96. The maximum atomic E-state index is 12.1. The van der Waals surface area contributed by atoms with Crippen LogP contribution in [-0.4, -0.2) is 32.9 Å². The molecule has 1 aromatic carbocycles. The minimum Gasteiger partial charge on any atom is -0.327 e. The van der Waals surface area contributed by atoms with Crippen molar-refractivity contribution in [3.63, 3.8) is 0 Å². The summed E-state index contributed by atoms with van der Waals surface area (Å²) in [5.41, 5.74) is 0.957. The van der Waals surface area contributed by atoms with Crippen LogP contribution in [0.5, 0.6) is 0 Å². The molecule has 1 N–H and O–H groups in total. The number of nitrogens with zero attached hydrogens (tertiary/aromatic N) is 1. The van der Waals surface area contributed by atoms with Gasteiger partial charge in [-0.2, -0.15) is 0 Å². The summed E-state index contributed by atoms with van der Waals surface area (Å²) in [5.74, 6) is 0. The van der Waals surface area contributed by atoms with Crippen LogP contribution in [0, 0.1) is 6.92 Å². The highest BCUT2D eigenvalue weighted by Crippen LogP contribution is 2.11.